The summed E-state index contributed by atoms with van der Waals surface area (Å²) in [5.41, 5.74) is 4.13. The minimum absolute atomic E-state index is 0.574. The van der Waals surface area contributed by atoms with Crippen molar-refractivity contribution in [3.05, 3.63) is 35.5 Å². The van der Waals surface area contributed by atoms with Crippen LogP contribution in [0.3, 0.4) is 0 Å². The van der Waals surface area contributed by atoms with Crippen molar-refractivity contribution in [3.63, 3.8) is 0 Å². The van der Waals surface area contributed by atoms with Crippen molar-refractivity contribution in [3.8, 4) is 0 Å². The molecule has 0 bridgehead atoms. The van der Waals surface area contributed by atoms with E-state index in [1.165, 1.54) is 34.3 Å². The average molecular weight is 276 g/mol. The van der Waals surface area contributed by atoms with Gasteiger partial charge in [-0.05, 0) is 43.9 Å². The highest BCUT2D eigenvalue weighted by atomic mass is 32.2. The Bertz CT molecular complexity index is 506. The van der Waals surface area contributed by atoms with Crippen molar-refractivity contribution in [2.24, 2.45) is 7.05 Å². The van der Waals surface area contributed by atoms with Crippen LogP contribution in [-0.2, 0) is 13.6 Å². The van der Waals surface area contributed by atoms with E-state index in [1.807, 2.05) is 11.8 Å². The lowest BCUT2D eigenvalue weighted by molar-refractivity contribution is 0.525. The van der Waals surface area contributed by atoms with Gasteiger partial charge < -0.3 is 9.88 Å². The Morgan fingerprint density at radius 3 is 2.74 bits per heavy atom. The topological polar surface area (TPSA) is 17.0 Å². The van der Waals surface area contributed by atoms with Gasteiger partial charge in [-0.15, -0.1) is 0 Å². The third-order valence-corrected chi connectivity index (χ3v) is 4.52. The number of aromatic nitrogens is 1. The van der Waals surface area contributed by atoms with E-state index in [2.05, 4.69) is 61.3 Å². The summed E-state index contributed by atoms with van der Waals surface area (Å²) in [6.45, 7) is 5.45. The van der Waals surface area contributed by atoms with E-state index in [4.69, 9.17) is 0 Å². The van der Waals surface area contributed by atoms with Crippen LogP contribution in [0.25, 0.3) is 10.9 Å². The van der Waals surface area contributed by atoms with Crippen LogP contribution in [0.1, 0.15) is 24.6 Å². The van der Waals surface area contributed by atoms with Gasteiger partial charge in [-0.2, -0.15) is 11.8 Å². The maximum atomic E-state index is 3.64. The average Bonchev–Trinajstić information content (AvgIpc) is 2.67. The van der Waals surface area contributed by atoms with Crippen LogP contribution in [0.2, 0.25) is 0 Å². The highest BCUT2D eigenvalue weighted by molar-refractivity contribution is 7.98. The fourth-order valence-corrected chi connectivity index (χ4v) is 3.14. The van der Waals surface area contributed by atoms with Crippen LogP contribution in [0.5, 0.6) is 0 Å². The normalized spacial score (nSPS) is 13.1. The molecule has 0 spiro atoms. The van der Waals surface area contributed by atoms with Gasteiger partial charge in [-0.1, -0.05) is 18.2 Å². The number of aryl methyl sites for hydroxylation is 2. The number of nitrogens with zero attached hydrogens (tertiary/aromatic N) is 1. The van der Waals surface area contributed by atoms with Gasteiger partial charge in [0, 0.05) is 36.2 Å². The summed E-state index contributed by atoms with van der Waals surface area (Å²) >= 11 is 1.92. The van der Waals surface area contributed by atoms with Crippen molar-refractivity contribution in [2.45, 2.75) is 32.9 Å². The number of thioether (sulfide) groups is 1. The molecule has 0 aliphatic carbocycles. The monoisotopic (exact) mass is 276 g/mol. The fraction of sp³-hybridized carbons (Fsp3) is 0.500. The number of hydrogen-bond donors (Lipinski definition) is 1. The van der Waals surface area contributed by atoms with Gasteiger partial charge in [0.25, 0.3) is 0 Å². The summed E-state index contributed by atoms with van der Waals surface area (Å²) in [4.78, 5) is 0. The predicted octanol–water partition coefficient (Wildman–Crippen LogP) is 3.72. The van der Waals surface area contributed by atoms with Crippen molar-refractivity contribution in [1.29, 1.82) is 0 Å². The first-order chi connectivity index (χ1) is 9.15. The lowest BCUT2D eigenvalue weighted by Gasteiger charge is -2.14. The largest absolute Gasteiger partial charge is 0.346 e. The third-order valence-electron chi connectivity index (χ3n) is 3.88. The summed E-state index contributed by atoms with van der Waals surface area (Å²) in [6.07, 6.45) is 3.39. The molecule has 3 heteroatoms. The Morgan fingerprint density at radius 1 is 1.32 bits per heavy atom. The van der Waals surface area contributed by atoms with Gasteiger partial charge in [-0.25, -0.2) is 0 Å². The van der Waals surface area contributed by atoms with E-state index in [1.54, 1.807) is 0 Å². The van der Waals surface area contributed by atoms with Crippen molar-refractivity contribution in [1.82, 2.24) is 9.88 Å². The zero-order valence-electron chi connectivity index (χ0n) is 12.4. The fourth-order valence-electron chi connectivity index (χ4n) is 2.55. The molecule has 0 radical (unpaired) electrons. The van der Waals surface area contributed by atoms with Crippen LogP contribution in [0.4, 0.5) is 0 Å². The Balaban J connectivity index is 2.12. The molecule has 2 nitrogen and oxygen atoms in total. The number of rotatable bonds is 6. The predicted molar refractivity (Wildman–Crippen MR) is 87.0 cm³/mol. The molecule has 0 aliphatic rings. The first-order valence-electron chi connectivity index (χ1n) is 6.90. The second-order valence-corrected chi connectivity index (χ2v) is 6.20. The van der Waals surface area contributed by atoms with Gasteiger partial charge in [0.15, 0.2) is 0 Å². The number of para-hydroxylation sites is 1. The van der Waals surface area contributed by atoms with E-state index < -0.39 is 0 Å². The molecular weight excluding hydrogens is 252 g/mol. The second kappa shape index (κ2) is 6.49. The number of nitrogens with one attached hydrogen (secondary N) is 1. The van der Waals surface area contributed by atoms with E-state index in [0.29, 0.717) is 6.04 Å². The van der Waals surface area contributed by atoms with Gasteiger partial charge in [0.2, 0.25) is 0 Å². The molecule has 104 valence electrons. The molecule has 0 aliphatic heterocycles. The summed E-state index contributed by atoms with van der Waals surface area (Å²) in [5, 5.41) is 5.02. The molecule has 2 aromatic rings. The number of benzene rings is 1. The number of fused-ring (bicyclic) bond motifs is 1. The van der Waals surface area contributed by atoms with Crippen LogP contribution >= 0.6 is 11.8 Å². The summed E-state index contributed by atoms with van der Waals surface area (Å²) in [7, 11) is 2.17. The van der Waals surface area contributed by atoms with Crippen LogP contribution < -0.4 is 5.32 Å². The minimum atomic E-state index is 0.574. The quantitative estimate of drug-likeness (QED) is 0.866. The van der Waals surface area contributed by atoms with Crippen LogP contribution in [-0.4, -0.2) is 22.6 Å². The molecule has 1 aromatic carbocycles. The molecule has 0 saturated heterocycles. The molecule has 0 fully saturated rings. The smallest absolute Gasteiger partial charge is 0.0483 e. The lowest BCUT2D eigenvalue weighted by Crippen LogP contribution is -2.27. The van der Waals surface area contributed by atoms with Crippen LogP contribution in [0.15, 0.2) is 24.3 Å². The molecule has 1 unspecified atom stereocenters. The third kappa shape index (κ3) is 3.15. The second-order valence-electron chi connectivity index (χ2n) is 5.21. The zero-order chi connectivity index (χ0) is 13.8. The van der Waals surface area contributed by atoms with Crippen LogP contribution in [0, 0.1) is 6.92 Å². The molecule has 1 heterocycles. The first-order valence-corrected chi connectivity index (χ1v) is 8.29. The number of hydrogen-bond acceptors (Lipinski definition) is 2. The van der Waals surface area contributed by atoms with Crippen molar-refractivity contribution < 1.29 is 0 Å². The Hall–Kier alpha value is -0.930. The van der Waals surface area contributed by atoms with E-state index in [0.717, 1.165) is 6.54 Å². The standard InChI is InChI=1S/C16H24N2S/c1-12(9-10-19-4)17-11-16-13(2)14-7-5-6-8-15(14)18(16)3/h5-8,12,17H,9-11H2,1-4H3. The lowest BCUT2D eigenvalue weighted by atomic mass is 10.1. The molecular formula is C16H24N2S. The Morgan fingerprint density at radius 2 is 2.05 bits per heavy atom. The Kier molecular flexibility index (Phi) is 4.94. The first kappa shape index (κ1) is 14.5. The van der Waals surface area contributed by atoms with Gasteiger partial charge in [-0.3, -0.25) is 0 Å². The van der Waals surface area contributed by atoms with E-state index in [-0.39, 0.29) is 0 Å². The maximum absolute atomic E-state index is 3.64. The molecule has 1 atom stereocenters. The van der Waals surface area contributed by atoms with Gasteiger partial charge in [0.1, 0.15) is 0 Å². The van der Waals surface area contributed by atoms with Gasteiger partial charge in [0.05, 0.1) is 0 Å². The highest BCUT2D eigenvalue weighted by Crippen LogP contribution is 2.24. The van der Waals surface area contributed by atoms with Crippen molar-refractivity contribution >= 4 is 22.7 Å². The molecule has 1 N–H and O–H groups in total. The summed E-state index contributed by atoms with van der Waals surface area (Å²) < 4.78 is 2.32. The van der Waals surface area contributed by atoms with E-state index >= 15 is 0 Å². The Labute approximate surface area is 120 Å². The molecule has 2 rings (SSSR count). The summed E-state index contributed by atoms with van der Waals surface area (Å²) in [5.74, 6) is 1.22. The van der Waals surface area contributed by atoms with Crippen molar-refractivity contribution in [2.75, 3.05) is 12.0 Å². The summed E-state index contributed by atoms with van der Waals surface area (Å²) in [6, 6.07) is 9.21. The molecule has 1 aromatic heterocycles. The SMILES string of the molecule is CSCCC(C)NCc1c(C)c2ccccc2n1C. The molecule has 19 heavy (non-hydrogen) atoms. The van der Waals surface area contributed by atoms with Gasteiger partial charge >= 0.3 is 0 Å². The minimum Gasteiger partial charge on any atom is -0.346 e. The molecule has 0 amide bonds. The highest BCUT2D eigenvalue weighted by Gasteiger charge is 2.11. The zero-order valence-corrected chi connectivity index (χ0v) is 13.2. The molecule has 0 saturated carbocycles. The maximum Gasteiger partial charge on any atom is 0.0483 e. The van der Waals surface area contributed by atoms with E-state index in [9.17, 15) is 0 Å².